The third-order valence-electron chi connectivity index (χ3n) is 2.96. The van der Waals surface area contributed by atoms with Crippen molar-refractivity contribution in [3.8, 4) is 0 Å². The highest BCUT2D eigenvalue weighted by Crippen LogP contribution is 2.13. The molecule has 1 aliphatic heterocycles. The molecule has 7 nitrogen and oxygen atoms in total. The summed E-state index contributed by atoms with van der Waals surface area (Å²) < 4.78 is 24.3. The molecule has 1 heterocycles. The molecule has 1 rings (SSSR count). The Bertz CT molecular complexity index is 434. The van der Waals surface area contributed by atoms with Crippen molar-refractivity contribution in [2.24, 2.45) is 5.92 Å². The van der Waals surface area contributed by atoms with E-state index in [1.165, 1.54) is 4.31 Å². The lowest BCUT2D eigenvalue weighted by atomic mass is 10.1. The first-order valence-corrected chi connectivity index (χ1v) is 7.88. The maximum atomic E-state index is 11.5. The van der Waals surface area contributed by atoms with E-state index < -0.39 is 16.0 Å². The van der Waals surface area contributed by atoms with E-state index >= 15 is 0 Å². The molecule has 8 heteroatoms. The van der Waals surface area contributed by atoms with Crippen LogP contribution in [-0.2, 0) is 19.6 Å². The molecular formula is C11H20N2O5S. The van der Waals surface area contributed by atoms with Gasteiger partial charge in [0, 0.05) is 32.5 Å². The highest BCUT2D eigenvalue weighted by atomic mass is 32.2. The van der Waals surface area contributed by atoms with Crippen molar-refractivity contribution >= 4 is 21.9 Å². The predicted molar refractivity (Wildman–Crippen MR) is 69.0 cm³/mol. The van der Waals surface area contributed by atoms with E-state index in [0.717, 1.165) is 0 Å². The van der Waals surface area contributed by atoms with Crippen LogP contribution in [-0.4, -0.2) is 55.1 Å². The first-order chi connectivity index (χ1) is 8.81. The van der Waals surface area contributed by atoms with Gasteiger partial charge in [-0.05, 0) is 12.3 Å². The quantitative estimate of drug-likeness (QED) is 0.667. The van der Waals surface area contributed by atoms with Gasteiger partial charge in [-0.2, -0.15) is 0 Å². The molecular weight excluding hydrogens is 272 g/mol. The van der Waals surface area contributed by atoms with Gasteiger partial charge in [-0.25, -0.2) is 12.7 Å². The van der Waals surface area contributed by atoms with Crippen LogP contribution in [0.1, 0.15) is 26.2 Å². The Kier molecular flexibility index (Phi) is 5.74. The maximum Gasteiger partial charge on any atom is 0.303 e. The molecule has 0 spiro atoms. The molecule has 1 fully saturated rings. The van der Waals surface area contributed by atoms with E-state index in [0.29, 0.717) is 13.0 Å². The average molecular weight is 292 g/mol. The standard InChI is InChI=1S/C11H20N2O5S/c1-9(7-11(15)16)8-12-10(14)3-5-13-4-2-6-19(13,17)18/h9H,2-8H2,1H3,(H,12,14)(H,15,16). The Morgan fingerprint density at radius 2 is 2.11 bits per heavy atom. The molecule has 0 aromatic rings. The second-order valence-electron chi connectivity index (χ2n) is 4.83. The second kappa shape index (κ2) is 6.85. The molecule has 1 saturated heterocycles. The number of hydrogen-bond donors (Lipinski definition) is 2. The first-order valence-electron chi connectivity index (χ1n) is 6.27. The minimum atomic E-state index is -3.15. The zero-order valence-corrected chi connectivity index (χ0v) is 11.8. The molecule has 0 aromatic carbocycles. The molecule has 1 atom stereocenters. The van der Waals surface area contributed by atoms with Crippen LogP contribution < -0.4 is 5.32 Å². The van der Waals surface area contributed by atoms with Crippen LogP contribution in [0.5, 0.6) is 0 Å². The van der Waals surface area contributed by atoms with Crippen molar-refractivity contribution in [1.82, 2.24) is 9.62 Å². The van der Waals surface area contributed by atoms with Crippen LogP contribution >= 0.6 is 0 Å². The number of aliphatic carboxylic acids is 1. The third-order valence-corrected chi connectivity index (χ3v) is 4.92. The fourth-order valence-electron chi connectivity index (χ4n) is 1.92. The lowest BCUT2D eigenvalue weighted by molar-refractivity contribution is -0.138. The van der Waals surface area contributed by atoms with E-state index in [-0.39, 0.29) is 43.5 Å². The number of carbonyl (C=O) groups is 2. The summed E-state index contributed by atoms with van der Waals surface area (Å²) >= 11 is 0. The third kappa shape index (κ3) is 5.56. The minimum Gasteiger partial charge on any atom is -0.481 e. The Morgan fingerprint density at radius 1 is 1.42 bits per heavy atom. The summed E-state index contributed by atoms with van der Waals surface area (Å²) in [5.41, 5.74) is 0. The average Bonchev–Trinajstić information content (AvgIpc) is 2.62. The molecule has 1 unspecified atom stereocenters. The summed E-state index contributed by atoms with van der Waals surface area (Å²) in [6.45, 7) is 2.70. The van der Waals surface area contributed by atoms with Crippen LogP contribution in [0.3, 0.4) is 0 Å². The van der Waals surface area contributed by atoms with Crippen LogP contribution in [0.25, 0.3) is 0 Å². The highest BCUT2D eigenvalue weighted by molar-refractivity contribution is 7.89. The van der Waals surface area contributed by atoms with Crippen LogP contribution in [0, 0.1) is 5.92 Å². The van der Waals surface area contributed by atoms with Gasteiger partial charge in [-0.15, -0.1) is 0 Å². The number of nitrogens with one attached hydrogen (secondary N) is 1. The summed E-state index contributed by atoms with van der Waals surface area (Å²) in [6.07, 6.45) is 0.722. The fourth-order valence-corrected chi connectivity index (χ4v) is 3.44. The van der Waals surface area contributed by atoms with Crippen molar-refractivity contribution < 1.29 is 23.1 Å². The van der Waals surface area contributed by atoms with Gasteiger partial charge in [0.15, 0.2) is 0 Å². The normalized spacial score (nSPS) is 20.1. The molecule has 19 heavy (non-hydrogen) atoms. The summed E-state index contributed by atoms with van der Waals surface area (Å²) in [5, 5.41) is 11.2. The SMILES string of the molecule is CC(CNC(=O)CCN1CCCS1(=O)=O)CC(=O)O. The van der Waals surface area contributed by atoms with Gasteiger partial charge < -0.3 is 10.4 Å². The molecule has 110 valence electrons. The summed E-state index contributed by atoms with van der Waals surface area (Å²) in [4.78, 5) is 22.0. The summed E-state index contributed by atoms with van der Waals surface area (Å²) in [5.74, 6) is -1.13. The van der Waals surface area contributed by atoms with Crippen molar-refractivity contribution in [1.29, 1.82) is 0 Å². The number of sulfonamides is 1. The number of hydrogen-bond acceptors (Lipinski definition) is 4. The van der Waals surface area contributed by atoms with Gasteiger partial charge in [0.1, 0.15) is 0 Å². The molecule has 0 aliphatic carbocycles. The van der Waals surface area contributed by atoms with Gasteiger partial charge >= 0.3 is 5.97 Å². The van der Waals surface area contributed by atoms with E-state index in [4.69, 9.17) is 5.11 Å². The predicted octanol–water partition coefficient (Wildman–Crippen LogP) is -0.361. The monoisotopic (exact) mass is 292 g/mol. The number of carboxylic acid groups (broad SMARTS) is 1. The van der Waals surface area contributed by atoms with Gasteiger partial charge in [0.25, 0.3) is 0 Å². The lowest BCUT2D eigenvalue weighted by Gasteiger charge is -2.14. The topological polar surface area (TPSA) is 104 Å². The van der Waals surface area contributed by atoms with Crippen molar-refractivity contribution in [3.63, 3.8) is 0 Å². The first kappa shape index (κ1) is 15.9. The number of carboxylic acids is 1. The van der Waals surface area contributed by atoms with Crippen molar-refractivity contribution in [3.05, 3.63) is 0 Å². The number of carbonyl (C=O) groups excluding carboxylic acids is 1. The summed E-state index contributed by atoms with van der Waals surface area (Å²) in [6, 6.07) is 0. The van der Waals surface area contributed by atoms with Gasteiger partial charge in [-0.3, -0.25) is 9.59 Å². The minimum absolute atomic E-state index is 0.000778. The van der Waals surface area contributed by atoms with Crippen LogP contribution in [0.15, 0.2) is 0 Å². The zero-order chi connectivity index (χ0) is 14.5. The maximum absolute atomic E-state index is 11.5. The van der Waals surface area contributed by atoms with E-state index in [1.54, 1.807) is 6.92 Å². The number of nitrogens with zero attached hydrogens (tertiary/aromatic N) is 1. The molecule has 0 radical (unpaired) electrons. The Labute approximate surface area is 113 Å². The van der Waals surface area contributed by atoms with Crippen LogP contribution in [0.2, 0.25) is 0 Å². The smallest absolute Gasteiger partial charge is 0.303 e. The number of amides is 1. The van der Waals surface area contributed by atoms with Gasteiger partial charge in [0.05, 0.1) is 5.75 Å². The molecule has 2 N–H and O–H groups in total. The fraction of sp³-hybridized carbons (Fsp3) is 0.818. The van der Waals surface area contributed by atoms with Crippen molar-refractivity contribution in [2.75, 3.05) is 25.4 Å². The zero-order valence-electron chi connectivity index (χ0n) is 11.0. The Morgan fingerprint density at radius 3 is 2.63 bits per heavy atom. The molecule has 0 aromatic heterocycles. The van der Waals surface area contributed by atoms with E-state index in [9.17, 15) is 18.0 Å². The molecule has 0 bridgehead atoms. The lowest BCUT2D eigenvalue weighted by Crippen LogP contribution is -2.34. The van der Waals surface area contributed by atoms with E-state index in [2.05, 4.69) is 5.32 Å². The largest absolute Gasteiger partial charge is 0.481 e. The van der Waals surface area contributed by atoms with Gasteiger partial charge in [-0.1, -0.05) is 6.92 Å². The molecule has 1 aliphatic rings. The van der Waals surface area contributed by atoms with Crippen LogP contribution in [0.4, 0.5) is 0 Å². The Balaban J connectivity index is 2.23. The van der Waals surface area contributed by atoms with Gasteiger partial charge in [0.2, 0.25) is 15.9 Å². The summed E-state index contributed by atoms with van der Waals surface area (Å²) in [7, 11) is -3.15. The molecule has 0 saturated carbocycles. The van der Waals surface area contributed by atoms with E-state index in [1.807, 2.05) is 0 Å². The Hall–Kier alpha value is -1.15. The highest BCUT2D eigenvalue weighted by Gasteiger charge is 2.28. The second-order valence-corrected chi connectivity index (χ2v) is 6.91. The number of rotatable bonds is 7. The molecule has 1 amide bonds. The van der Waals surface area contributed by atoms with Crippen molar-refractivity contribution in [2.45, 2.75) is 26.2 Å².